The highest BCUT2D eigenvalue weighted by Crippen LogP contribution is 2.24. The van der Waals surface area contributed by atoms with Crippen molar-refractivity contribution in [1.82, 2.24) is 4.90 Å². The Morgan fingerprint density at radius 3 is 2.94 bits per heavy atom. The van der Waals surface area contributed by atoms with Crippen LogP contribution in [0.25, 0.3) is 0 Å². The molecular formula is C13H16Cl2FN. The number of benzene rings is 1. The zero-order valence-corrected chi connectivity index (χ0v) is 11.3. The number of halogens is 3. The number of hydrogen-bond acceptors (Lipinski definition) is 1. The molecule has 0 N–H and O–H groups in total. The minimum Gasteiger partial charge on any atom is -0.297 e. The van der Waals surface area contributed by atoms with Gasteiger partial charge in [-0.05, 0) is 37.1 Å². The lowest BCUT2D eigenvalue weighted by Gasteiger charge is -2.34. The predicted molar refractivity (Wildman–Crippen MR) is 70.1 cm³/mol. The molecule has 0 amide bonds. The van der Waals surface area contributed by atoms with Gasteiger partial charge in [-0.3, -0.25) is 4.90 Å². The van der Waals surface area contributed by atoms with E-state index in [-0.39, 0.29) is 11.2 Å². The summed E-state index contributed by atoms with van der Waals surface area (Å²) in [5.41, 5.74) is 0.649. The summed E-state index contributed by atoms with van der Waals surface area (Å²) in [7, 11) is 0. The molecule has 1 saturated heterocycles. The van der Waals surface area contributed by atoms with E-state index < -0.39 is 0 Å². The van der Waals surface area contributed by atoms with Crippen molar-refractivity contribution in [2.24, 2.45) is 5.92 Å². The summed E-state index contributed by atoms with van der Waals surface area (Å²) >= 11 is 12.1. The van der Waals surface area contributed by atoms with Gasteiger partial charge in [-0.25, -0.2) is 4.39 Å². The molecule has 1 aliphatic rings. The Kier molecular flexibility index (Phi) is 4.29. The molecule has 2 unspecified atom stereocenters. The Labute approximate surface area is 112 Å². The Morgan fingerprint density at radius 1 is 1.47 bits per heavy atom. The number of alkyl halides is 1. The molecule has 0 aromatic heterocycles. The Bertz CT molecular complexity index is 397. The van der Waals surface area contributed by atoms with Crippen LogP contribution in [0.3, 0.4) is 0 Å². The summed E-state index contributed by atoms with van der Waals surface area (Å²) in [6.07, 6.45) is 1.07. The molecule has 1 aromatic carbocycles. The second kappa shape index (κ2) is 5.55. The average molecular weight is 276 g/mol. The van der Waals surface area contributed by atoms with Crippen molar-refractivity contribution in [1.29, 1.82) is 0 Å². The normalized spacial score (nSPS) is 26.1. The third kappa shape index (κ3) is 3.34. The lowest BCUT2D eigenvalue weighted by atomic mass is 9.98. The molecule has 2 rings (SSSR count). The van der Waals surface area contributed by atoms with Crippen molar-refractivity contribution in [2.45, 2.75) is 25.3 Å². The van der Waals surface area contributed by atoms with E-state index in [0.717, 1.165) is 19.5 Å². The minimum absolute atomic E-state index is 0.158. The molecule has 17 heavy (non-hydrogen) atoms. The van der Waals surface area contributed by atoms with Gasteiger partial charge in [-0.15, -0.1) is 11.6 Å². The van der Waals surface area contributed by atoms with Crippen LogP contribution >= 0.6 is 23.2 Å². The van der Waals surface area contributed by atoms with Crippen LogP contribution in [-0.2, 0) is 6.54 Å². The Balaban J connectivity index is 2.03. The average Bonchev–Trinajstić information content (AvgIpc) is 2.29. The van der Waals surface area contributed by atoms with Crippen molar-refractivity contribution in [2.75, 3.05) is 13.1 Å². The van der Waals surface area contributed by atoms with Gasteiger partial charge in [0.25, 0.3) is 0 Å². The van der Waals surface area contributed by atoms with Crippen LogP contribution in [0.2, 0.25) is 5.02 Å². The highest BCUT2D eigenvalue weighted by molar-refractivity contribution is 6.30. The van der Waals surface area contributed by atoms with Crippen LogP contribution in [0.1, 0.15) is 18.9 Å². The first-order chi connectivity index (χ1) is 8.06. The van der Waals surface area contributed by atoms with Gasteiger partial charge in [-0.2, -0.15) is 0 Å². The van der Waals surface area contributed by atoms with Gasteiger partial charge in [0.1, 0.15) is 5.82 Å². The van der Waals surface area contributed by atoms with E-state index in [9.17, 15) is 4.39 Å². The molecule has 0 saturated carbocycles. The predicted octanol–water partition coefficient (Wildman–Crippen LogP) is 3.93. The van der Waals surface area contributed by atoms with Crippen molar-refractivity contribution in [3.8, 4) is 0 Å². The van der Waals surface area contributed by atoms with E-state index in [0.29, 0.717) is 23.0 Å². The van der Waals surface area contributed by atoms with E-state index in [2.05, 4.69) is 11.8 Å². The second-order valence-electron chi connectivity index (χ2n) is 4.75. The van der Waals surface area contributed by atoms with Gasteiger partial charge in [0.15, 0.2) is 0 Å². The van der Waals surface area contributed by atoms with E-state index in [1.54, 1.807) is 12.1 Å². The first-order valence-electron chi connectivity index (χ1n) is 5.86. The lowest BCUT2D eigenvalue weighted by Crippen LogP contribution is -2.39. The van der Waals surface area contributed by atoms with Crippen LogP contribution < -0.4 is 0 Å². The highest BCUT2D eigenvalue weighted by atomic mass is 35.5. The monoisotopic (exact) mass is 275 g/mol. The molecule has 0 radical (unpaired) electrons. The molecule has 0 bridgehead atoms. The molecule has 0 aliphatic carbocycles. The van der Waals surface area contributed by atoms with Gasteiger partial charge in [0.05, 0.1) is 0 Å². The smallest absolute Gasteiger partial charge is 0.127 e. The number of hydrogen-bond donors (Lipinski definition) is 0. The molecular weight excluding hydrogens is 260 g/mol. The van der Waals surface area contributed by atoms with Crippen molar-refractivity contribution >= 4 is 23.2 Å². The zero-order chi connectivity index (χ0) is 12.4. The number of nitrogens with zero attached hydrogens (tertiary/aromatic N) is 1. The molecule has 1 nitrogen and oxygen atoms in total. The maximum absolute atomic E-state index is 13.6. The summed E-state index contributed by atoms with van der Waals surface area (Å²) in [5.74, 6) is 0.344. The molecule has 94 valence electrons. The minimum atomic E-state index is -0.195. The molecule has 4 heteroatoms. The van der Waals surface area contributed by atoms with Crippen molar-refractivity contribution < 1.29 is 4.39 Å². The van der Waals surface area contributed by atoms with E-state index in [4.69, 9.17) is 23.2 Å². The second-order valence-corrected chi connectivity index (χ2v) is 5.75. The SMILES string of the molecule is CC1CCN(Cc2cc(Cl)ccc2F)CC1Cl. The summed E-state index contributed by atoms with van der Waals surface area (Å²) < 4.78 is 13.6. The largest absolute Gasteiger partial charge is 0.297 e. The standard InChI is InChI=1S/C13H16Cl2FN/c1-9-4-5-17(8-12(9)15)7-10-6-11(14)2-3-13(10)16/h2-3,6,9,12H,4-5,7-8H2,1H3. The summed E-state index contributed by atoms with van der Waals surface area (Å²) in [6.45, 7) is 4.53. The molecule has 1 aromatic rings. The molecule has 1 fully saturated rings. The van der Waals surface area contributed by atoms with Gasteiger partial charge >= 0.3 is 0 Å². The fraction of sp³-hybridized carbons (Fsp3) is 0.538. The Hall–Kier alpha value is -0.310. The fourth-order valence-corrected chi connectivity index (χ4v) is 2.65. The molecule has 1 heterocycles. The maximum atomic E-state index is 13.6. The summed E-state index contributed by atoms with van der Waals surface area (Å²) in [4.78, 5) is 2.19. The van der Waals surface area contributed by atoms with Crippen molar-refractivity contribution in [3.63, 3.8) is 0 Å². The quantitative estimate of drug-likeness (QED) is 0.740. The van der Waals surface area contributed by atoms with Gasteiger partial charge < -0.3 is 0 Å². The van der Waals surface area contributed by atoms with Crippen LogP contribution in [0.4, 0.5) is 4.39 Å². The third-order valence-corrected chi connectivity index (χ3v) is 4.16. The van der Waals surface area contributed by atoms with Crippen LogP contribution in [-0.4, -0.2) is 23.4 Å². The summed E-state index contributed by atoms with van der Waals surface area (Å²) in [5, 5.41) is 0.736. The topological polar surface area (TPSA) is 3.24 Å². The molecule has 1 aliphatic heterocycles. The van der Waals surface area contributed by atoms with Crippen LogP contribution in [0, 0.1) is 11.7 Å². The van der Waals surface area contributed by atoms with Crippen LogP contribution in [0.15, 0.2) is 18.2 Å². The van der Waals surface area contributed by atoms with Gasteiger partial charge in [0, 0.05) is 29.1 Å². The van der Waals surface area contributed by atoms with Crippen molar-refractivity contribution in [3.05, 3.63) is 34.6 Å². The molecule has 0 spiro atoms. The van der Waals surface area contributed by atoms with E-state index in [1.165, 1.54) is 6.07 Å². The third-order valence-electron chi connectivity index (χ3n) is 3.35. The van der Waals surface area contributed by atoms with Gasteiger partial charge in [0.2, 0.25) is 0 Å². The summed E-state index contributed by atoms with van der Waals surface area (Å²) in [6, 6.07) is 4.68. The lowest BCUT2D eigenvalue weighted by molar-refractivity contribution is 0.187. The number of likely N-dealkylation sites (tertiary alicyclic amines) is 1. The van der Waals surface area contributed by atoms with E-state index >= 15 is 0 Å². The van der Waals surface area contributed by atoms with Crippen LogP contribution in [0.5, 0.6) is 0 Å². The number of piperidine rings is 1. The Morgan fingerprint density at radius 2 is 2.24 bits per heavy atom. The highest BCUT2D eigenvalue weighted by Gasteiger charge is 2.24. The zero-order valence-electron chi connectivity index (χ0n) is 9.80. The molecule has 2 atom stereocenters. The maximum Gasteiger partial charge on any atom is 0.127 e. The fourth-order valence-electron chi connectivity index (χ4n) is 2.13. The number of rotatable bonds is 2. The first-order valence-corrected chi connectivity index (χ1v) is 6.68. The van der Waals surface area contributed by atoms with E-state index in [1.807, 2.05) is 0 Å². The van der Waals surface area contributed by atoms with Gasteiger partial charge in [-0.1, -0.05) is 18.5 Å². The first kappa shape index (κ1) is 13.1.